The molecule has 0 aliphatic rings. The molecule has 0 atom stereocenters. The molecular weight excluding hydrogens is 194 g/mol. The van der Waals surface area contributed by atoms with Crippen LogP contribution in [-0.2, 0) is 4.79 Å². The molecule has 72 valence electrons. The molecule has 0 radical (unpaired) electrons. The number of alkyl halides is 1. The summed E-state index contributed by atoms with van der Waals surface area (Å²) in [6.45, 7) is 6.37. The molecule has 2 nitrogen and oxygen atoms in total. The molecule has 4 heteroatoms. The van der Waals surface area contributed by atoms with E-state index in [0.29, 0.717) is 5.88 Å². The molecule has 0 N–H and O–H groups in total. The number of thioether (sulfide) groups is 1. The van der Waals surface area contributed by atoms with Gasteiger partial charge in [-0.1, -0.05) is 20.8 Å². The number of hydrogen-bond acceptors (Lipinski definition) is 2. The monoisotopic (exact) mass is 209 g/mol. The molecular formula is C8H16ClNOS. The lowest BCUT2D eigenvalue weighted by Gasteiger charge is -2.22. The van der Waals surface area contributed by atoms with Gasteiger partial charge in [-0.3, -0.25) is 4.79 Å². The first-order valence-corrected chi connectivity index (χ1v) is 5.32. The molecule has 0 aromatic heterocycles. The topological polar surface area (TPSA) is 20.3 Å². The maximum absolute atomic E-state index is 11.0. The molecule has 0 bridgehead atoms. The Balaban J connectivity index is 3.72. The summed E-state index contributed by atoms with van der Waals surface area (Å²) in [6.07, 6.45) is 0. The zero-order valence-electron chi connectivity index (χ0n) is 8.06. The highest BCUT2D eigenvalue weighted by Crippen LogP contribution is 2.23. The van der Waals surface area contributed by atoms with Crippen LogP contribution in [0.1, 0.15) is 20.8 Å². The van der Waals surface area contributed by atoms with E-state index >= 15 is 0 Å². The van der Waals surface area contributed by atoms with Gasteiger partial charge in [-0.05, 0) is 0 Å². The second kappa shape index (κ2) is 4.97. The fourth-order valence-electron chi connectivity index (χ4n) is 0.464. The Morgan fingerprint density at radius 2 is 2.00 bits per heavy atom. The molecule has 0 aliphatic carbocycles. The number of hydrogen-bond donors (Lipinski definition) is 0. The lowest BCUT2D eigenvalue weighted by atomic mass is 10.3. The van der Waals surface area contributed by atoms with Crippen LogP contribution < -0.4 is 0 Å². The van der Waals surface area contributed by atoms with Crippen molar-refractivity contribution in [1.29, 1.82) is 0 Å². The lowest BCUT2D eigenvalue weighted by molar-refractivity contribution is -0.126. The smallest absolute Gasteiger partial charge is 0.237 e. The first-order valence-electron chi connectivity index (χ1n) is 3.80. The first kappa shape index (κ1) is 12.1. The van der Waals surface area contributed by atoms with Gasteiger partial charge in [-0.2, -0.15) is 0 Å². The van der Waals surface area contributed by atoms with E-state index in [1.165, 1.54) is 0 Å². The van der Waals surface area contributed by atoms with Crippen molar-refractivity contribution in [2.45, 2.75) is 25.5 Å². The van der Waals surface area contributed by atoms with Crippen LogP contribution >= 0.6 is 23.4 Å². The van der Waals surface area contributed by atoms with Crippen LogP contribution in [0.3, 0.4) is 0 Å². The maximum atomic E-state index is 11.0. The van der Waals surface area contributed by atoms with E-state index in [1.54, 1.807) is 23.7 Å². The number of nitrogens with zero attached hydrogens (tertiary/aromatic N) is 1. The Morgan fingerprint density at radius 3 is 2.33 bits per heavy atom. The summed E-state index contributed by atoms with van der Waals surface area (Å²) in [6, 6.07) is 0. The minimum atomic E-state index is -0.0200. The van der Waals surface area contributed by atoms with Crippen molar-refractivity contribution in [3.8, 4) is 0 Å². The van der Waals surface area contributed by atoms with Crippen molar-refractivity contribution in [1.82, 2.24) is 4.90 Å². The fourth-order valence-corrected chi connectivity index (χ4v) is 1.39. The predicted molar refractivity (Wildman–Crippen MR) is 55.7 cm³/mol. The van der Waals surface area contributed by atoms with Crippen LogP contribution in [-0.4, -0.2) is 34.4 Å². The van der Waals surface area contributed by atoms with E-state index in [9.17, 15) is 4.79 Å². The van der Waals surface area contributed by atoms with E-state index in [0.717, 1.165) is 0 Å². The zero-order chi connectivity index (χ0) is 9.78. The van der Waals surface area contributed by atoms with Crippen molar-refractivity contribution in [3.63, 3.8) is 0 Å². The van der Waals surface area contributed by atoms with Crippen LogP contribution in [0.5, 0.6) is 0 Å². The van der Waals surface area contributed by atoms with E-state index < -0.39 is 0 Å². The number of amides is 1. The highest BCUT2D eigenvalue weighted by Gasteiger charge is 2.13. The Hall–Kier alpha value is 0.110. The number of halogens is 1. The van der Waals surface area contributed by atoms with Gasteiger partial charge in [0.05, 0.1) is 5.88 Å². The van der Waals surface area contributed by atoms with E-state index in [-0.39, 0.29) is 16.5 Å². The lowest BCUT2D eigenvalue weighted by Crippen LogP contribution is -2.29. The van der Waals surface area contributed by atoms with Gasteiger partial charge in [0.2, 0.25) is 5.91 Å². The molecule has 0 rings (SSSR count). The standard InChI is InChI=1S/C8H16ClNOS/c1-8(2,3)12-6-10(4)7(11)5-9/h5-6H2,1-4H3. The number of carbonyl (C=O) groups excluding carboxylic acids is 1. The normalized spacial score (nSPS) is 11.4. The quantitative estimate of drug-likeness (QED) is 0.525. The summed E-state index contributed by atoms with van der Waals surface area (Å²) in [5.41, 5.74) is 0. The average molecular weight is 210 g/mol. The SMILES string of the molecule is CN(CSC(C)(C)C)C(=O)CCl. The van der Waals surface area contributed by atoms with Crippen LogP contribution in [0.2, 0.25) is 0 Å². The summed E-state index contributed by atoms with van der Waals surface area (Å²) >= 11 is 7.13. The largest absolute Gasteiger partial charge is 0.335 e. The van der Waals surface area contributed by atoms with E-state index in [1.807, 2.05) is 0 Å². The molecule has 1 amide bonds. The van der Waals surface area contributed by atoms with Crippen molar-refractivity contribution in [2.75, 3.05) is 18.8 Å². The van der Waals surface area contributed by atoms with Crippen LogP contribution in [0.15, 0.2) is 0 Å². The molecule has 0 unspecified atom stereocenters. The highest BCUT2D eigenvalue weighted by molar-refractivity contribution is 8.00. The number of rotatable bonds is 3. The molecule has 0 heterocycles. The van der Waals surface area contributed by atoms with Crippen LogP contribution in [0.4, 0.5) is 0 Å². The van der Waals surface area contributed by atoms with Gasteiger partial charge in [0.15, 0.2) is 0 Å². The summed E-state index contributed by atoms with van der Waals surface area (Å²) in [7, 11) is 1.77. The molecule has 0 fully saturated rings. The van der Waals surface area contributed by atoms with Gasteiger partial charge < -0.3 is 4.90 Å². The van der Waals surface area contributed by atoms with E-state index in [2.05, 4.69) is 20.8 Å². The molecule has 12 heavy (non-hydrogen) atoms. The van der Waals surface area contributed by atoms with Gasteiger partial charge >= 0.3 is 0 Å². The molecule has 0 aromatic rings. The van der Waals surface area contributed by atoms with Gasteiger partial charge in [0.25, 0.3) is 0 Å². The van der Waals surface area contributed by atoms with Crippen molar-refractivity contribution in [3.05, 3.63) is 0 Å². The van der Waals surface area contributed by atoms with E-state index in [4.69, 9.17) is 11.6 Å². The second-order valence-corrected chi connectivity index (χ2v) is 5.65. The van der Waals surface area contributed by atoms with Crippen molar-refractivity contribution < 1.29 is 4.79 Å². The molecule has 0 aliphatic heterocycles. The third-order valence-corrected chi connectivity index (χ3v) is 2.84. The Kier molecular flexibility index (Phi) is 5.02. The third kappa shape index (κ3) is 5.72. The highest BCUT2D eigenvalue weighted by atomic mass is 35.5. The minimum Gasteiger partial charge on any atom is -0.335 e. The van der Waals surface area contributed by atoms with Gasteiger partial charge in [-0.25, -0.2) is 0 Å². The number of carbonyl (C=O) groups is 1. The first-order chi connectivity index (χ1) is 5.37. The average Bonchev–Trinajstić information content (AvgIpc) is 1.97. The summed E-state index contributed by atoms with van der Waals surface area (Å²) in [5.74, 6) is 0.754. The predicted octanol–water partition coefficient (Wildman–Crippen LogP) is 2.17. The Morgan fingerprint density at radius 1 is 1.50 bits per heavy atom. The molecule has 0 spiro atoms. The molecule has 0 aromatic carbocycles. The fraction of sp³-hybridized carbons (Fsp3) is 0.875. The summed E-state index contributed by atoms with van der Waals surface area (Å²) in [5, 5.41) is 0. The Bertz CT molecular complexity index is 156. The zero-order valence-corrected chi connectivity index (χ0v) is 9.63. The van der Waals surface area contributed by atoms with Crippen LogP contribution in [0, 0.1) is 0 Å². The van der Waals surface area contributed by atoms with Gasteiger partial charge in [0.1, 0.15) is 5.88 Å². The van der Waals surface area contributed by atoms with Crippen molar-refractivity contribution >= 4 is 29.3 Å². The third-order valence-electron chi connectivity index (χ3n) is 1.23. The van der Waals surface area contributed by atoms with Gasteiger partial charge in [0, 0.05) is 11.8 Å². The molecule has 0 saturated carbocycles. The minimum absolute atomic E-state index is 0.0200. The molecule has 0 saturated heterocycles. The summed E-state index contributed by atoms with van der Waals surface area (Å²) in [4.78, 5) is 12.7. The maximum Gasteiger partial charge on any atom is 0.237 e. The van der Waals surface area contributed by atoms with Crippen molar-refractivity contribution in [2.24, 2.45) is 0 Å². The van der Waals surface area contributed by atoms with Crippen LogP contribution in [0.25, 0.3) is 0 Å². The Labute approximate surface area is 83.6 Å². The summed E-state index contributed by atoms with van der Waals surface area (Å²) < 4.78 is 0.195. The van der Waals surface area contributed by atoms with Gasteiger partial charge in [-0.15, -0.1) is 23.4 Å². The second-order valence-electron chi connectivity index (χ2n) is 3.61.